The predicted molar refractivity (Wildman–Crippen MR) is 93.5 cm³/mol. The smallest absolute Gasteiger partial charge is 0.212 e. The van der Waals surface area contributed by atoms with Crippen LogP contribution in [0.2, 0.25) is 0 Å². The topological polar surface area (TPSA) is 68.3 Å². The maximum atomic E-state index is 12.4. The summed E-state index contributed by atoms with van der Waals surface area (Å²) in [5.41, 5.74) is 3.13. The van der Waals surface area contributed by atoms with E-state index in [4.69, 9.17) is 4.74 Å². The van der Waals surface area contributed by atoms with Crippen molar-refractivity contribution < 1.29 is 13.2 Å². The Bertz CT molecular complexity index is 791. The number of nitrogens with one attached hydrogen (secondary N) is 1. The molecule has 2 heterocycles. The van der Waals surface area contributed by atoms with Crippen LogP contribution in [0.5, 0.6) is 5.75 Å². The molecule has 2 aromatic rings. The summed E-state index contributed by atoms with van der Waals surface area (Å²) in [4.78, 5) is 3.98. The number of hydrogen-bond acceptors (Lipinski definition) is 4. The lowest BCUT2D eigenvalue weighted by Crippen LogP contribution is -2.31. The SMILES string of the molecule is CCC(NS(=O)(=O)CCc1ccc2c(c1)CCO2)c1ccncc1. The highest BCUT2D eigenvalue weighted by molar-refractivity contribution is 7.89. The lowest BCUT2D eigenvalue weighted by atomic mass is 10.1. The molecule has 0 radical (unpaired) electrons. The number of hydrogen-bond donors (Lipinski definition) is 1. The molecular weight excluding hydrogens is 324 g/mol. The third kappa shape index (κ3) is 4.13. The van der Waals surface area contributed by atoms with Crippen molar-refractivity contribution in [3.05, 3.63) is 59.4 Å². The van der Waals surface area contributed by atoms with Gasteiger partial charge in [0.15, 0.2) is 0 Å². The summed E-state index contributed by atoms with van der Waals surface area (Å²) in [7, 11) is -3.35. The van der Waals surface area contributed by atoms with Crippen LogP contribution in [0, 0.1) is 0 Å². The van der Waals surface area contributed by atoms with E-state index in [2.05, 4.69) is 15.8 Å². The largest absolute Gasteiger partial charge is 0.493 e. The monoisotopic (exact) mass is 346 g/mol. The Balaban J connectivity index is 1.63. The Morgan fingerprint density at radius 3 is 2.79 bits per heavy atom. The van der Waals surface area contributed by atoms with Crippen LogP contribution in [0.3, 0.4) is 0 Å². The molecule has 1 N–H and O–H groups in total. The highest BCUT2D eigenvalue weighted by Gasteiger charge is 2.19. The number of sulfonamides is 1. The number of fused-ring (bicyclic) bond motifs is 1. The molecule has 0 saturated heterocycles. The van der Waals surface area contributed by atoms with Crippen molar-refractivity contribution >= 4 is 10.0 Å². The van der Waals surface area contributed by atoms with Crippen LogP contribution < -0.4 is 9.46 Å². The van der Waals surface area contributed by atoms with Crippen molar-refractivity contribution in [3.8, 4) is 5.75 Å². The van der Waals surface area contributed by atoms with E-state index >= 15 is 0 Å². The fourth-order valence-electron chi connectivity index (χ4n) is 2.91. The maximum absolute atomic E-state index is 12.4. The third-order valence-electron chi connectivity index (χ3n) is 4.25. The molecule has 0 spiro atoms. The Hall–Kier alpha value is -1.92. The summed E-state index contributed by atoms with van der Waals surface area (Å²) in [6.45, 7) is 2.68. The van der Waals surface area contributed by atoms with Gasteiger partial charge in [-0.1, -0.05) is 19.1 Å². The minimum atomic E-state index is -3.35. The Morgan fingerprint density at radius 2 is 2.04 bits per heavy atom. The summed E-state index contributed by atoms with van der Waals surface area (Å²) < 4.78 is 33.1. The molecular formula is C18H22N2O3S. The van der Waals surface area contributed by atoms with Crippen molar-refractivity contribution in [2.45, 2.75) is 32.2 Å². The molecule has 5 nitrogen and oxygen atoms in total. The zero-order valence-corrected chi connectivity index (χ0v) is 14.6. The van der Waals surface area contributed by atoms with Gasteiger partial charge in [-0.25, -0.2) is 13.1 Å². The lowest BCUT2D eigenvalue weighted by Gasteiger charge is -2.17. The number of nitrogens with zero attached hydrogens (tertiary/aromatic N) is 1. The van der Waals surface area contributed by atoms with Gasteiger partial charge in [-0.3, -0.25) is 4.98 Å². The van der Waals surface area contributed by atoms with Gasteiger partial charge < -0.3 is 4.74 Å². The molecule has 1 aliphatic rings. The van der Waals surface area contributed by atoms with Crippen molar-refractivity contribution in [3.63, 3.8) is 0 Å². The van der Waals surface area contributed by atoms with E-state index < -0.39 is 10.0 Å². The zero-order valence-electron chi connectivity index (χ0n) is 13.7. The quantitative estimate of drug-likeness (QED) is 0.837. The molecule has 1 aliphatic heterocycles. The average Bonchev–Trinajstić information content (AvgIpc) is 3.06. The standard InChI is InChI=1S/C18H22N2O3S/c1-2-17(15-5-9-19-10-6-15)20-24(21,22)12-8-14-3-4-18-16(13-14)7-11-23-18/h3-6,9-10,13,17,20H,2,7-8,11-12H2,1H3. The van der Waals surface area contributed by atoms with Crippen LogP contribution in [0.25, 0.3) is 0 Å². The van der Waals surface area contributed by atoms with E-state index in [0.29, 0.717) is 19.4 Å². The molecule has 0 fully saturated rings. The highest BCUT2D eigenvalue weighted by atomic mass is 32.2. The van der Waals surface area contributed by atoms with Gasteiger partial charge in [-0.15, -0.1) is 0 Å². The Kier molecular flexibility index (Phi) is 5.16. The molecule has 0 saturated carbocycles. The number of pyridine rings is 1. The highest BCUT2D eigenvalue weighted by Crippen LogP contribution is 2.26. The first-order valence-electron chi connectivity index (χ1n) is 8.22. The number of rotatable bonds is 7. The molecule has 1 aromatic carbocycles. The van der Waals surface area contributed by atoms with E-state index in [9.17, 15) is 8.42 Å². The first-order valence-corrected chi connectivity index (χ1v) is 9.87. The van der Waals surface area contributed by atoms with Crippen LogP contribution in [-0.4, -0.2) is 25.8 Å². The normalized spacial score (nSPS) is 14.9. The van der Waals surface area contributed by atoms with Crippen LogP contribution in [-0.2, 0) is 22.9 Å². The van der Waals surface area contributed by atoms with Crippen LogP contribution >= 0.6 is 0 Å². The first kappa shape index (κ1) is 16.9. The van der Waals surface area contributed by atoms with E-state index in [1.54, 1.807) is 12.4 Å². The second-order valence-electron chi connectivity index (χ2n) is 5.97. The van der Waals surface area contributed by atoms with Crippen molar-refractivity contribution in [2.24, 2.45) is 0 Å². The van der Waals surface area contributed by atoms with Gasteiger partial charge in [0, 0.05) is 24.9 Å². The number of aryl methyl sites for hydroxylation is 1. The van der Waals surface area contributed by atoms with Gasteiger partial charge in [-0.05, 0) is 47.7 Å². The van der Waals surface area contributed by atoms with Crippen molar-refractivity contribution in [1.82, 2.24) is 9.71 Å². The molecule has 1 atom stereocenters. The second kappa shape index (κ2) is 7.32. The second-order valence-corrected chi connectivity index (χ2v) is 7.84. The van der Waals surface area contributed by atoms with Crippen LogP contribution in [0.1, 0.15) is 36.1 Å². The summed E-state index contributed by atoms with van der Waals surface area (Å²) >= 11 is 0. The molecule has 0 aliphatic carbocycles. The maximum Gasteiger partial charge on any atom is 0.212 e. The van der Waals surface area contributed by atoms with Crippen LogP contribution in [0.4, 0.5) is 0 Å². The van der Waals surface area contributed by atoms with E-state index in [-0.39, 0.29) is 11.8 Å². The molecule has 1 unspecified atom stereocenters. The van der Waals surface area contributed by atoms with Gasteiger partial charge in [0.25, 0.3) is 0 Å². The minimum absolute atomic E-state index is 0.0776. The van der Waals surface area contributed by atoms with Gasteiger partial charge in [0.2, 0.25) is 10.0 Å². The van der Waals surface area contributed by atoms with E-state index in [1.165, 1.54) is 5.56 Å². The summed E-state index contributed by atoms with van der Waals surface area (Å²) in [5, 5.41) is 0. The molecule has 128 valence electrons. The zero-order chi connectivity index (χ0) is 17.0. The average molecular weight is 346 g/mol. The van der Waals surface area contributed by atoms with E-state index in [0.717, 1.165) is 23.3 Å². The number of benzene rings is 1. The summed E-state index contributed by atoms with van der Waals surface area (Å²) in [6, 6.07) is 9.40. The van der Waals surface area contributed by atoms with Gasteiger partial charge in [-0.2, -0.15) is 0 Å². The van der Waals surface area contributed by atoms with E-state index in [1.807, 2.05) is 31.2 Å². The minimum Gasteiger partial charge on any atom is -0.493 e. The van der Waals surface area contributed by atoms with Crippen molar-refractivity contribution in [2.75, 3.05) is 12.4 Å². The lowest BCUT2D eigenvalue weighted by molar-refractivity contribution is 0.357. The van der Waals surface area contributed by atoms with Gasteiger partial charge >= 0.3 is 0 Å². The summed E-state index contributed by atoms with van der Waals surface area (Å²) in [5.74, 6) is 0.997. The molecule has 0 amide bonds. The summed E-state index contributed by atoms with van der Waals surface area (Å²) in [6.07, 6.45) is 5.45. The molecule has 3 rings (SSSR count). The molecule has 0 bridgehead atoms. The number of ether oxygens (including phenoxy) is 1. The predicted octanol–water partition coefficient (Wildman–Crippen LogP) is 2.63. The van der Waals surface area contributed by atoms with Gasteiger partial charge in [0.1, 0.15) is 5.75 Å². The fourth-order valence-corrected chi connectivity index (χ4v) is 4.26. The fraction of sp³-hybridized carbons (Fsp3) is 0.389. The van der Waals surface area contributed by atoms with Gasteiger partial charge in [0.05, 0.1) is 12.4 Å². The van der Waals surface area contributed by atoms with Crippen LogP contribution in [0.15, 0.2) is 42.7 Å². The molecule has 1 aromatic heterocycles. The first-order chi connectivity index (χ1) is 11.6. The third-order valence-corrected chi connectivity index (χ3v) is 5.64. The number of aromatic nitrogens is 1. The Morgan fingerprint density at radius 1 is 1.25 bits per heavy atom. The van der Waals surface area contributed by atoms with Crippen molar-refractivity contribution in [1.29, 1.82) is 0 Å². The molecule has 24 heavy (non-hydrogen) atoms. The molecule has 6 heteroatoms. The Labute approximate surface area is 143 Å².